The molecule has 37 heavy (non-hydrogen) atoms. The fraction of sp³-hybridized carbons (Fsp3) is 0.939. The van der Waals surface area contributed by atoms with Crippen LogP contribution < -0.4 is 0 Å². The molecule has 0 bridgehead atoms. The van der Waals surface area contributed by atoms with Gasteiger partial charge in [-0.25, -0.2) is 0 Å². The van der Waals surface area contributed by atoms with Crippen molar-refractivity contribution in [1.82, 2.24) is 0 Å². The molecule has 0 aliphatic rings. The molecule has 0 saturated carbocycles. The van der Waals surface area contributed by atoms with Crippen LogP contribution in [0.15, 0.2) is 0 Å². The van der Waals surface area contributed by atoms with Gasteiger partial charge in [0.1, 0.15) is 0 Å². The number of carbonyl (C=O) groups is 2. The van der Waals surface area contributed by atoms with Gasteiger partial charge in [-0.1, -0.05) is 119 Å². The lowest BCUT2D eigenvalue weighted by molar-refractivity contribution is -0.150. The van der Waals surface area contributed by atoms with E-state index in [1.165, 1.54) is 64.2 Å². The van der Waals surface area contributed by atoms with Gasteiger partial charge in [0.2, 0.25) is 0 Å². The maximum atomic E-state index is 12.5. The summed E-state index contributed by atoms with van der Waals surface area (Å²) in [6.45, 7) is 14.4. The number of rotatable bonds is 26. The van der Waals surface area contributed by atoms with Crippen LogP contribution in [0.1, 0.15) is 164 Å². The fourth-order valence-electron chi connectivity index (χ4n) is 4.80. The normalized spacial score (nSPS) is 12.5. The molecule has 4 heteroatoms. The first-order valence-electron chi connectivity index (χ1n) is 16.1. The van der Waals surface area contributed by atoms with E-state index in [-0.39, 0.29) is 17.9 Å². The maximum absolute atomic E-state index is 12.5. The number of hydrogen-bond acceptors (Lipinski definition) is 4. The first kappa shape index (κ1) is 35.9. The molecule has 0 fully saturated rings. The van der Waals surface area contributed by atoms with Gasteiger partial charge in [0, 0.05) is 6.42 Å². The number of ether oxygens (including phenoxy) is 2. The lowest BCUT2D eigenvalue weighted by atomic mass is 9.90. The Bertz CT molecular complexity index is 526. The van der Waals surface area contributed by atoms with Crippen molar-refractivity contribution in [3.63, 3.8) is 0 Å². The van der Waals surface area contributed by atoms with Gasteiger partial charge in [-0.2, -0.15) is 0 Å². The van der Waals surface area contributed by atoms with Crippen molar-refractivity contribution in [1.29, 1.82) is 0 Å². The van der Waals surface area contributed by atoms with Crippen LogP contribution in [0.25, 0.3) is 0 Å². The van der Waals surface area contributed by atoms with Crippen LogP contribution in [0, 0.1) is 23.7 Å². The smallest absolute Gasteiger partial charge is 0.309 e. The van der Waals surface area contributed by atoms with Crippen molar-refractivity contribution in [3.8, 4) is 0 Å². The Morgan fingerprint density at radius 2 is 0.892 bits per heavy atom. The lowest BCUT2D eigenvalue weighted by Crippen LogP contribution is -2.23. The SMILES string of the molecule is CC(C)CCCCOC(=O)CCCCCCCCCCCCCC(C(=O)OCCCCC(C)C)C(C)C. The van der Waals surface area contributed by atoms with Crippen molar-refractivity contribution >= 4 is 11.9 Å². The first-order chi connectivity index (χ1) is 17.7. The lowest BCUT2D eigenvalue weighted by Gasteiger charge is -2.19. The minimum Gasteiger partial charge on any atom is -0.466 e. The molecule has 0 aliphatic carbocycles. The molecule has 0 rings (SSSR count). The van der Waals surface area contributed by atoms with E-state index in [0.29, 0.717) is 25.6 Å². The van der Waals surface area contributed by atoms with E-state index in [1.807, 2.05) is 0 Å². The van der Waals surface area contributed by atoms with E-state index in [9.17, 15) is 9.59 Å². The van der Waals surface area contributed by atoms with E-state index in [4.69, 9.17) is 9.47 Å². The Morgan fingerprint density at radius 3 is 1.35 bits per heavy atom. The minimum atomic E-state index is -0.0155. The summed E-state index contributed by atoms with van der Waals surface area (Å²) < 4.78 is 10.9. The van der Waals surface area contributed by atoms with Gasteiger partial charge in [-0.05, 0) is 56.3 Å². The zero-order chi connectivity index (χ0) is 27.7. The topological polar surface area (TPSA) is 52.6 Å². The molecule has 0 aliphatic heterocycles. The Balaban J connectivity index is 3.54. The van der Waals surface area contributed by atoms with Gasteiger partial charge >= 0.3 is 11.9 Å². The summed E-state index contributed by atoms with van der Waals surface area (Å²) in [5.41, 5.74) is 0. The third kappa shape index (κ3) is 25.0. The van der Waals surface area contributed by atoms with Crippen molar-refractivity contribution in [2.45, 2.75) is 164 Å². The van der Waals surface area contributed by atoms with Crippen LogP contribution in [0.3, 0.4) is 0 Å². The van der Waals surface area contributed by atoms with Crippen LogP contribution in [-0.4, -0.2) is 25.2 Å². The maximum Gasteiger partial charge on any atom is 0.309 e. The van der Waals surface area contributed by atoms with Gasteiger partial charge in [0.25, 0.3) is 0 Å². The molecule has 0 aromatic carbocycles. The summed E-state index contributed by atoms with van der Waals surface area (Å²) in [5, 5.41) is 0. The molecule has 220 valence electrons. The van der Waals surface area contributed by atoms with Crippen LogP contribution in [0.4, 0.5) is 0 Å². The molecule has 0 radical (unpaired) electrons. The van der Waals surface area contributed by atoms with E-state index < -0.39 is 0 Å². The molecule has 0 amide bonds. The van der Waals surface area contributed by atoms with E-state index in [1.54, 1.807) is 0 Å². The molecule has 0 heterocycles. The third-order valence-corrected chi connectivity index (χ3v) is 7.36. The Morgan fingerprint density at radius 1 is 0.486 bits per heavy atom. The number of hydrogen-bond donors (Lipinski definition) is 0. The van der Waals surface area contributed by atoms with Crippen molar-refractivity contribution in [2.24, 2.45) is 23.7 Å². The summed E-state index contributed by atoms with van der Waals surface area (Å²) in [4.78, 5) is 24.2. The zero-order valence-corrected chi connectivity index (χ0v) is 25.8. The summed E-state index contributed by atoms with van der Waals surface area (Å²) >= 11 is 0. The van der Waals surface area contributed by atoms with Crippen molar-refractivity contribution in [2.75, 3.05) is 13.2 Å². The molecule has 0 spiro atoms. The van der Waals surface area contributed by atoms with Crippen LogP contribution in [0.2, 0.25) is 0 Å². The second-order valence-electron chi connectivity index (χ2n) is 12.4. The van der Waals surface area contributed by atoms with Crippen LogP contribution in [-0.2, 0) is 19.1 Å². The molecule has 1 atom stereocenters. The predicted octanol–water partition coefficient (Wildman–Crippen LogP) is 10.1. The quantitative estimate of drug-likeness (QED) is 0.0834. The molecule has 0 aromatic rings. The highest BCUT2D eigenvalue weighted by Gasteiger charge is 2.23. The van der Waals surface area contributed by atoms with E-state index in [0.717, 1.165) is 63.2 Å². The number of carbonyl (C=O) groups excluding carboxylic acids is 2. The molecule has 0 N–H and O–H groups in total. The second-order valence-corrected chi connectivity index (χ2v) is 12.4. The largest absolute Gasteiger partial charge is 0.466 e. The van der Waals surface area contributed by atoms with Crippen LogP contribution >= 0.6 is 0 Å². The number of esters is 2. The average Bonchev–Trinajstić information content (AvgIpc) is 2.83. The van der Waals surface area contributed by atoms with Gasteiger partial charge in [-0.15, -0.1) is 0 Å². The fourth-order valence-corrected chi connectivity index (χ4v) is 4.80. The summed E-state index contributed by atoms with van der Waals surface area (Å²) in [6.07, 6.45) is 21.7. The number of unbranched alkanes of at least 4 members (excludes halogenated alkanes) is 12. The average molecular weight is 525 g/mol. The van der Waals surface area contributed by atoms with E-state index in [2.05, 4.69) is 41.5 Å². The van der Waals surface area contributed by atoms with Gasteiger partial charge < -0.3 is 9.47 Å². The molecule has 0 aromatic heterocycles. The van der Waals surface area contributed by atoms with Gasteiger partial charge in [0.05, 0.1) is 19.1 Å². The van der Waals surface area contributed by atoms with Crippen molar-refractivity contribution in [3.05, 3.63) is 0 Å². The first-order valence-corrected chi connectivity index (χ1v) is 16.1. The molecule has 4 nitrogen and oxygen atoms in total. The second kappa shape index (κ2) is 25.2. The Kier molecular flexibility index (Phi) is 24.5. The predicted molar refractivity (Wildman–Crippen MR) is 158 cm³/mol. The Labute approximate surface area is 231 Å². The molecule has 0 saturated heterocycles. The summed E-state index contributed by atoms with van der Waals surface area (Å²) in [7, 11) is 0. The Hall–Kier alpha value is -1.06. The molecule has 1 unspecified atom stereocenters. The van der Waals surface area contributed by atoms with E-state index >= 15 is 0 Å². The van der Waals surface area contributed by atoms with Crippen molar-refractivity contribution < 1.29 is 19.1 Å². The zero-order valence-electron chi connectivity index (χ0n) is 25.8. The van der Waals surface area contributed by atoms with Gasteiger partial charge in [0.15, 0.2) is 0 Å². The summed E-state index contributed by atoms with van der Waals surface area (Å²) in [6, 6.07) is 0. The summed E-state index contributed by atoms with van der Waals surface area (Å²) in [5.74, 6) is 1.87. The molecular weight excluding hydrogens is 460 g/mol. The van der Waals surface area contributed by atoms with Crippen LogP contribution in [0.5, 0.6) is 0 Å². The monoisotopic (exact) mass is 524 g/mol. The molecular formula is C33H64O4. The minimum absolute atomic E-state index is 0.0155. The highest BCUT2D eigenvalue weighted by Crippen LogP contribution is 2.22. The highest BCUT2D eigenvalue weighted by atomic mass is 16.5. The standard InChI is InChI=1S/C33H64O4/c1-28(2)22-18-20-26-36-32(34)25-17-15-13-11-9-7-8-10-12-14-16-24-31(30(5)6)33(35)37-27-21-19-23-29(3)4/h28-31H,7-27H2,1-6H3. The highest BCUT2D eigenvalue weighted by molar-refractivity contribution is 5.72. The van der Waals surface area contributed by atoms with Gasteiger partial charge in [-0.3, -0.25) is 9.59 Å². The third-order valence-electron chi connectivity index (χ3n) is 7.36.